The van der Waals surface area contributed by atoms with Gasteiger partial charge in [-0.1, -0.05) is 74.4 Å². The van der Waals surface area contributed by atoms with Crippen LogP contribution in [0, 0.1) is 5.92 Å². The number of hydrogen-bond donors (Lipinski definition) is 1. The van der Waals surface area contributed by atoms with Crippen molar-refractivity contribution in [2.24, 2.45) is 11.7 Å². The molecular weight excluding hydrogens is 406 g/mol. The molecule has 0 radical (unpaired) electrons. The normalized spacial score (nSPS) is 14.4. The molecule has 0 aromatic heterocycles. The third-order valence-electron chi connectivity index (χ3n) is 6.31. The Morgan fingerprint density at radius 1 is 0.758 bits per heavy atom. The van der Waals surface area contributed by atoms with Gasteiger partial charge >= 0.3 is 0 Å². The van der Waals surface area contributed by atoms with Crippen LogP contribution >= 0.6 is 0 Å². The number of allylic oxidation sites excluding steroid dienone is 1. The summed E-state index contributed by atoms with van der Waals surface area (Å²) < 4.78 is 11.6. The second-order valence-corrected chi connectivity index (χ2v) is 8.67. The quantitative estimate of drug-likeness (QED) is 0.258. The van der Waals surface area contributed by atoms with Crippen LogP contribution in [0.25, 0.3) is 11.1 Å². The van der Waals surface area contributed by atoms with Crippen molar-refractivity contribution in [3.05, 3.63) is 95.6 Å². The minimum Gasteiger partial charge on any atom is -0.494 e. The fraction of sp³-hybridized carbons (Fsp3) is 0.333. The molecule has 1 fully saturated rings. The van der Waals surface area contributed by atoms with Crippen molar-refractivity contribution in [1.29, 1.82) is 0 Å². The van der Waals surface area contributed by atoms with Gasteiger partial charge in [0.15, 0.2) is 0 Å². The maximum absolute atomic E-state index is 5.92. The Kier molecular flexibility index (Phi) is 8.21. The number of rotatable bonds is 11. The van der Waals surface area contributed by atoms with Crippen molar-refractivity contribution in [3.8, 4) is 11.5 Å². The van der Waals surface area contributed by atoms with E-state index in [0.717, 1.165) is 30.9 Å². The SMILES string of the molecule is CCCCOc1ccc(/C(=C(/c2ccccc2)C2CCC2)c2ccc(OCCN)cc2)cc1. The number of ether oxygens (including phenoxy) is 2. The van der Waals surface area contributed by atoms with Gasteiger partial charge in [-0.3, -0.25) is 0 Å². The highest BCUT2D eigenvalue weighted by molar-refractivity contribution is 5.99. The summed E-state index contributed by atoms with van der Waals surface area (Å²) in [5.74, 6) is 2.37. The van der Waals surface area contributed by atoms with Crippen molar-refractivity contribution < 1.29 is 9.47 Å². The van der Waals surface area contributed by atoms with Crippen LogP contribution in [0.2, 0.25) is 0 Å². The molecule has 0 aliphatic heterocycles. The second-order valence-electron chi connectivity index (χ2n) is 8.67. The molecule has 0 amide bonds. The molecule has 1 aliphatic rings. The third kappa shape index (κ3) is 5.85. The van der Waals surface area contributed by atoms with Crippen LogP contribution < -0.4 is 15.2 Å². The zero-order valence-electron chi connectivity index (χ0n) is 19.6. The van der Waals surface area contributed by atoms with Crippen molar-refractivity contribution >= 4 is 11.1 Å². The van der Waals surface area contributed by atoms with Gasteiger partial charge in [0.1, 0.15) is 18.1 Å². The average molecular weight is 442 g/mol. The van der Waals surface area contributed by atoms with Crippen LogP contribution in [-0.2, 0) is 0 Å². The summed E-state index contributed by atoms with van der Waals surface area (Å²) in [5, 5.41) is 0. The molecule has 3 heteroatoms. The molecule has 0 bridgehead atoms. The lowest BCUT2D eigenvalue weighted by molar-refractivity contribution is 0.309. The summed E-state index contributed by atoms with van der Waals surface area (Å²) in [7, 11) is 0. The van der Waals surface area contributed by atoms with Gasteiger partial charge in [-0.15, -0.1) is 0 Å². The fourth-order valence-corrected chi connectivity index (χ4v) is 4.32. The van der Waals surface area contributed by atoms with Gasteiger partial charge in [0.05, 0.1) is 6.61 Å². The first kappa shape index (κ1) is 23.1. The lowest BCUT2D eigenvalue weighted by atomic mass is 9.73. The molecule has 0 spiro atoms. The standard InChI is InChI=1S/C30H35NO2/c1-2-3-21-32-27-16-12-25(13-17-27)30(26-14-18-28(19-15-26)33-22-20-31)29(24-10-7-11-24)23-8-5-4-6-9-23/h4-6,8-9,12-19,24H,2-3,7,10-11,20-22,31H2,1H3/b30-29+. The van der Waals surface area contributed by atoms with E-state index in [1.807, 2.05) is 0 Å². The average Bonchev–Trinajstić information content (AvgIpc) is 2.83. The van der Waals surface area contributed by atoms with E-state index in [9.17, 15) is 0 Å². The molecule has 3 aromatic carbocycles. The molecule has 3 aromatic rings. The summed E-state index contributed by atoms with van der Waals surface area (Å²) >= 11 is 0. The first-order valence-corrected chi connectivity index (χ1v) is 12.3. The monoisotopic (exact) mass is 441 g/mol. The first-order valence-electron chi connectivity index (χ1n) is 12.3. The highest BCUT2D eigenvalue weighted by Crippen LogP contribution is 2.45. The Hall–Kier alpha value is -3.04. The number of nitrogens with two attached hydrogens (primary N) is 1. The zero-order valence-corrected chi connectivity index (χ0v) is 19.6. The molecule has 3 nitrogen and oxygen atoms in total. The van der Waals surface area contributed by atoms with E-state index in [-0.39, 0.29) is 0 Å². The Morgan fingerprint density at radius 2 is 1.33 bits per heavy atom. The van der Waals surface area contributed by atoms with Crippen LogP contribution in [0.5, 0.6) is 11.5 Å². The van der Waals surface area contributed by atoms with E-state index < -0.39 is 0 Å². The van der Waals surface area contributed by atoms with Crippen LogP contribution in [-0.4, -0.2) is 19.8 Å². The summed E-state index contributed by atoms with van der Waals surface area (Å²) in [5.41, 5.74) is 12.1. The van der Waals surface area contributed by atoms with Crippen molar-refractivity contribution in [1.82, 2.24) is 0 Å². The summed E-state index contributed by atoms with van der Waals surface area (Å²) in [6.07, 6.45) is 5.99. The minimum atomic E-state index is 0.513. The number of benzene rings is 3. The Bertz CT molecular complexity index is 1020. The molecule has 1 saturated carbocycles. The van der Waals surface area contributed by atoms with Crippen LogP contribution in [0.3, 0.4) is 0 Å². The predicted octanol–water partition coefficient (Wildman–Crippen LogP) is 6.96. The highest BCUT2D eigenvalue weighted by atomic mass is 16.5. The molecule has 4 rings (SSSR count). The molecule has 1 aliphatic carbocycles. The smallest absolute Gasteiger partial charge is 0.119 e. The molecule has 0 saturated heterocycles. The molecule has 2 N–H and O–H groups in total. The minimum absolute atomic E-state index is 0.513. The maximum Gasteiger partial charge on any atom is 0.119 e. The van der Waals surface area contributed by atoms with Crippen molar-refractivity contribution in [3.63, 3.8) is 0 Å². The lowest BCUT2D eigenvalue weighted by Crippen LogP contribution is -2.15. The largest absolute Gasteiger partial charge is 0.494 e. The van der Waals surface area contributed by atoms with Crippen molar-refractivity contribution in [2.45, 2.75) is 39.0 Å². The Labute approximate surface area is 198 Å². The highest BCUT2D eigenvalue weighted by Gasteiger charge is 2.27. The molecule has 0 heterocycles. The second kappa shape index (κ2) is 11.7. The molecule has 172 valence electrons. The van der Waals surface area contributed by atoms with Gasteiger partial charge in [0.25, 0.3) is 0 Å². The number of unbranched alkanes of at least 4 members (excludes halogenated alkanes) is 1. The molecule has 33 heavy (non-hydrogen) atoms. The van der Waals surface area contributed by atoms with Crippen LogP contribution in [0.4, 0.5) is 0 Å². The number of hydrogen-bond acceptors (Lipinski definition) is 3. The fourth-order valence-electron chi connectivity index (χ4n) is 4.32. The van der Waals surface area contributed by atoms with E-state index in [4.69, 9.17) is 15.2 Å². The van der Waals surface area contributed by atoms with Crippen LogP contribution in [0.15, 0.2) is 78.9 Å². The van der Waals surface area contributed by atoms with Gasteiger partial charge in [-0.2, -0.15) is 0 Å². The zero-order chi connectivity index (χ0) is 22.9. The summed E-state index contributed by atoms with van der Waals surface area (Å²) in [6, 6.07) is 27.9. The van der Waals surface area contributed by atoms with E-state index >= 15 is 0 Å². The third-order valence-corrected chi connectivity index (χ3v) is 6.31. The van der Waals surface area contributed by atoms with Crippen LogP contribution in [0.1, 0.15) is 55.7 Å². The molecule has 0 atom stereocenters. The van der Waals surface area contributed by atoms with Gasteiger partial charge in [0.2, 0.25) is 0 Å². The van der Waals surface area contributed by atoms with Gasteiger partial charge in [-0.25, -0.2) is 0 Å². The summed E-state index contributed by atoms with van der Waals surface area (Å²) in [6.45, 7) is 3.99. The van der Waals surface area contributed by atoms with Crippen molar-refractivity contribution in [2.75, 3.05) is 19.8 Å². The topological polar surface area (TPSA) is 44.5 Å². The van der Waals surface area contributed by atoms with E-state index in [0.29, 0.717) is 19.1 Å². The lowest BCUT2D eigenvalue weighted by Gasteiger charge is -2.31. The van der Waals surface area contributed by atoms with Gasteiger partial charge in [0, 0.05) is 6.54 Å². The Balaban J connectivity index is 1.77. The summed E-state index contributed by atoms with van der Waals surface area (Å²) in [4.78, 5) is 0. The molecular formula is C30H35NO2. The molecule has 0 unspecified atom stereocenters. The predicted molar refractivity (Wildman–Crippen MR) is 138 cm³/mol. The first-order chi connectivity index (χ1) is 16.3. The maximum atomic E-state index is 5.92. The van der Waals surface area contributed by atoms with E-state index in [2.05, 4.69) is 85.8 Å². The van der Waals surface area contributed by atoms with Gasteiger partial charge < -0.3 is 15.2 Å². The Morgan fingerprint density at radius 3 is 1.82 bits per heavy atom. The van der Waals surface area contributed by atoms with Gasteiger partial charge in [-0.05, 0) is 77.3 Å². The van der Waals surface area contributed by atoms with E-state index in [1.54, 1.807) is 0 Å². The van der Waals surface area contributed by atoms with E-state index in [1.165, 1.54) is 47.1 Å².